The molecular weight excluding hydrogens is 1030 g/mol. The first-order chi connectivity index (χ1) is 39.4. The highest BCUT2D eigenvalue weighted by Crippen LogP contribution is 2.68. The fourth-order valence-corrected chi connectivity index (χ4v) is 22.5. The van der Waals surface area contributed by atoms with Gasteiger partial charge in [0.25, 0.3) is 0 Å². The molecule has 0 radical (unpaired) electrons. The molecule has 3 N–H and O–H groups in total. The number of carbonyl (C=O) groups excluding carboxylic acids is 3. The molecule has 2 aromatic carbocycles. The predicted octanol–water partition coefficient (Wildman–Crippen LogP) is 17.1. The van der Waals surface area contributed by atoms with Gasteiger partial charge in [0.05, 0.1) is 16.8 Å². The first kappa shape index (κ1) is 61.7. The summed E-state index contributed by atoms with van der Waals surface area (Å²) in [6, 6.07) is 20.5. The maximum absolute atomic E-state index is 12.6. The van der Waals surface area contributed by atoms with E-state index in [1.54, 1.807) is 0 Å². The van der Waals surface area contributed by atoms with Crippen LogP contribution in [0, 0.1) is 104 Å². The van der Waals surface area contributed by atoms with Crippen LogP contribution >= 0.6 is 0 Å². The summed E-state index contributed by atoms with van der Waals surface area (Å²) in [5, 5.41) is 33.9. The molecule has 0 aliphatic heterocycles. The molecule has 0 heterocycles. The van der Waals surface area contributed by atoms with Crippen molar-refractivity contribution in [1.29, 1.82) is 0 Å². The molecule has 0 spiro atoms. The Labute approximate surface area is 507 Å². The fraction of sp³-hybridized carbons (Fsp3) is 0.705. The normalized spacial score (nSPS) is 44.8. The minimum Gasteiger partial charge on any atom is -0.390 e. The molecule has 9 fully saturated rings. The smallest absolute Gasteiger partial charge is 0.139 e. The molecule has 14 rings (SSSR count). The first-order valence-corrected chi connectivity index (χ1v) is 33.8. The Kier molecular flexibility index (Phi) is 16.6. The van der Waals surface area contributed by atoms with Gasteiger partial charge in [-0.25, -0.2) is 0 Å². The molecule has 6 heteroatoms. The zero-order valence-electron chi connectivity index (χ0n) is 52.4. The Bertz CT molecular complexity index is 2980. The second kappa shape index (κ2) is 22.6. The molecule has 0 aromatic heterocycles. The minimum atomic E-state index is -0.702. The quantitative estimate of drug-likeness (QED) is 0.203. The van der Waals surface area contributed by atoms with Gasteiger partial charge >= 0.3 is 0 Å². The van der Waals surface area contributed by atoms with Crippen LogP contribution in [0.1, 0.15) is 241 Å². The van der Waals surface area contributed by atoms with Crippen LogP contribution in [0.15, 0.2) is 95.6 Å². The topological polar surface area (TPSA) is 112 Å². The van der Waals surface area contributed by atoms with Crippen molar-refractivity contribution in [3.05, 3.63) is 107 Å². The standard InChI is InChI=1S/C28H34O2.C26H34O2.C23H36O2.CH4/c1-26-17-18-28(30,15-6-9-20-7-4-3-5-8-20)19-21(26)10-11-22-23-12-13-25(29)27(23,2)16-14-24(22)26;1-24-14-15-26(28,16-18-6-4-3-5-7-18)17-19(24)8-9-20-21-10-11-23(27)25(21,2)13-12-22(20)24;1-15(2)13-23(25)12-11-21(3)16(14-23)5-6-17-18-7-8-20(24)22(18,4)10-9-19(17)21;/h3-5,7-8,10,22-24,30H,11-19H2,1-2H3;3-8,20-22,28H,9-17H2,1-2H3;5,15,17-19,25H,6-14H2,1-4H3;1H4. The van der Waals surface area contributed by atoms with E-state index in [0.29, 0.717) is 77.0 Å². The van der Waals surface area contributed by atoms with E-state index in [9.17, 15) is 29.7 Å². The number of benzene rings is 2. The lowest BCUT2D eigenvalue weighted by Gasteiger charge is -2.58. The Morgan fingerprint density at radius 3 is 1.23 bits per heavy atom. The fourth-order valence-electron chi connectivity index (χ4n) is 22.5. The number of aliphatic hydroxyl groups is 3. The van der Waals surface area contributed by atoms with Gasteiger partial charge in [-0.05, 0) is 234 Å². The molecule has 9 saturated carbocycles. The summed E-state index contributed by atoms with van der Waals surface area (Å²) in [4.78, 5) is 37.7. The van der Waals surface area contributed by atoms with Crippen molar-refractivity contribution in [2.75, 3.05) is 0 Å². The maximum Gasteiger partial charge on any atom is 0.139 e. The van der Waals surface area contributed by atoms with Crippen LogP contribution in [-0.4, -0.2) is 49.5 Å². The van der Waals surface area contributed by atoms with E-state index in [4.69, 9.17) is 0 Å². The highest BCUT2D eigenvalue weighted by Gasteiger charge is 2.63. The number of fused-ring (bicyclic) bond motifs is 15. The van der Waals surface area contributed by atoms with Crippen molar-refractivity contribution in [1.82, 2.24) is 0 Å². The molecule has 2 aromatic rings. The number of Topliss-reactive ketones (excluding diaryl/α,β-unsaturated/α-hetero) is 3. The second-order valence-corrected chi connectivity index (χ2v) is 32.3. The molecule has 0 saturated heterocycles. The van der Waals surface area contributed by atoms with Gasteiger partial charge in [0.15, 0.2) is 0 Å². The van der Waals surface area contributed by atoms with E-state index in [0.717, 1.165) is 159 Å². The molecule has 456 valence electrons. The van der Waals surface area contributed by atoms with E-state index in [2.05, 4.69) is 110 Å². The van der Waals surface area contributed by atoms with Gasteiger partial charge < -0.3 is 15.3 Å². The first-order valence-electron chi connectivity index (χ1n) is 33.8. The van der Waals surface area contributed by atoms with E-state index in [-0.39, 0.29) is 39.9 Å². The second-order valence-electron chi connectivity index (χ2n) is 32.3. The number of rotatable bonds is 5. The largest absolute Gasteiger partial charge is 0.390 e. The zero-order valence-corrected chi connectivity index (χ0v) is 52.4. The van der Waals surface area contributed by atoms with Crippen LogP contribution in [0.3, 0.4) is 0 Å². The van der Waals surface area contributed by atoms with Crippen molar-refractivity contribution in [2.45, 2.75) is 253 Å². The number of hydrogen-bond acceptors (Lipinski definition) is 6. The van der Waals surface area contributed by atoms with Crippen LogP contribution in [0.4, 0.5) is 0 Å². The molecule has 6 nitrogen and oxygen atoms in total. The zero-order chi connectivity index (χ0) is 58.6. The lowest BCUT2D eigenvalue weighted by molar-refractivity contribution is -0.133. The third-order valence-electron chi connectivity index (χ3n) is 27.5. The highest BCUT2D eigenvalue weighted by molar-refractivity contribution is 5.88. The van der Waals surface area contributed by atoms with Crippen LogP contribution in [0.5, 0.6) is 0 Å². The van der Waals surface area contributed by atoms with Crippen molar-refractivity contribution in [2.24, 2.45) is 91.7 Å². The summed E-state index contributed by atoms with van der Waals surface area (Å²) in [5.74, 6) is 14.4. The van der Waals surface area contributed by atoms with Crippen molar-refractivity contribution in [3.63, 3.8) is 0 Å². The maximum atomic E-state index is 12.6. The van der Waals surface area contributed by atoms with E-state index < -0.39 is 16.8 Å². The number of hydrogen-bond donors (Lipinski definition) is 3. The molecule has 12 aliphatic rings. The summed E-state index contributed by atoms with van der Waals surface area (Å²) in [6.45, 7) is 18.6. The number of ketones is 3. The van der Waals surface area contributed by atoms with Crippen LogP contribution in [0.2, 0.25) is 0 Å². The van der Waals surface area contributed by atoms with Gasteiger partial charge in [0.1, 0.15) is 17.3 Å². The molecule has 0 amide bonds. The van der Waals surface area contributed by atoms with E-state index >= 15 is 0 Å². The summed E-state index contributed by atoms with van der Waals surface area (Å²) in [5.41, 5.74) is 5.49. The molecule has 0 bridgehead atoms. The number of carbonyl (C=O) groups is 3. The van der Waals surface area contributed by atoms with Gasteiger partial charge in [-0.15, -0.1) is 0 Å². The minimum absolute atomic E-state index is 0. The van der Waals surface area contributed by atoms with Crippen molar-refractivity contribution in [3.8, 4) is 11.8 Å². The molecule has 12 aliphatic carbocycles. The Morgan fingerprint density at radius 2 is 0.810 bits per heavy atom. The van der Waals surface area contributed by atoms with Crippen LogP contribution in [0.25, 0.3) is 0 Å². The third kappa shape index (κ3) is 10.6. The average Bonchev–Trinajstić information content (AvgIpc) is 1.59. The van der Waals surface area contributed by atoms with Crippen LogP contribution < -0.4 is 0 Å². The van der Waals surface area contributed by atoms with Gasteiger partial charge in [0, 0.05) is 53.9 Å². The molecular formula is C78H108O6. The Morgan fingerprint density at radius 1 is 0.452 bits per heavy atom. The summed E-state index contributed by atoms with van der Waals surface area (Å²) < 4.78 is 0. The van der Waals surface area contributed by atoms with E-state index in [1.165, 1.54) is 41.5 Å². The monoisotopic (exact) mass is 1140 g/mol. The molecule has 18 atom stereocenters. The highest BCUT2D eigenvalue weighted by atomic mass is 16.3. The van der Waals surface area contributed by atoms with Crippen molar-refractivity contribution >= 4 is 17.3 Å². The predicted molar refractivity (Wildman–Crippen MR) is 339 cm³/mol. The molecule has 84 heavy (non-hydrogen) atoms. The van der Waals surface area contributed by atoms with E-state index in [1.807, 2.05) is 36.4 Å². The van der Waals surface area contributed by atoms with Gasteiger partial charge in [-0.1, -0.05) is 158 Å². The average molecular weight is 1140 g/mol. The SMILES string of the molecule is C.CC(C)CC1(O)CCC2(C)C(=CCC3C4CCC(=O)C4(C)CCC32)C1.CC12CCC3C(CC=C4CC(O)(CC#Cc5ccccc5)CCC43C)C1CCC2=O.CC12CCC3C(CC=C4CC(O)(Cc5ccccc5)CCC43C)C1CCC2=O. The summed E-state index contributed by atoms with van der Waals surface area (Å²) in [6.07, 6.45) is 33.9. The van der Waals surface area contributed by atoms with Crippen LogP contribution in [-0.2, 0) is 20.8 Å². The lowest BCUT2D eigenvalue weighted by atomic mass is 9.47. The van der Waals surface area contributed by atoms with Gasteiger partial charge in [0.2, 0.25) is 0 Å². The van der Waals surface area contributed by atoms with Gasteiger partial charge in [-0.3, -0.25) is 14.4 Å². The van der Waals surface area contributed by atoms with Gasteiger partial charge in [-0.2, -0.15) is 0 Å². The summed E-state index contributed by atoms with van der Waals surface area (Å²) >= 11 is 0. The Balaban J connectivity index is 0.000000131. The summed E-state index contributed by atoms with van der Waals surface area (Å²) in [7, 11) is 0. The van der Waals surface area contributed by atoms with Crippen molar-refractivity contribution < 1.29 is 29.7 Å². The molecule has 18 unspecified atom stereocenters. The third-order valence-corrected chi connectivity index (χ3v) is 27.5. The Hall–Kier alpha value is -3.89. The lowest BCUT2D eigenvalue weighted by Crippen LogP contribution is -2.52. The number of allylic oxidation sites excluding steroid dienone is 3.